The summed E-state index contributed by atoms with van der Waals surface area (Å²) in [5, 5.41) is 4.39. The van der Waals surface area contributed by atoms with Crippen LogP contribution in [0.4, 0.5) is 0 Å². The summed E-state index contributed by atoms with van der Waals surface area (Å²) in [6.45, 7) is 0. The number of benzene rings is 3. The maximum atomic E-state index is 13.0. The minimum atomic E-state index is -0.0423. The summed E-state index contributed by atoms with van der Waals surface area (Å²) in [4.78, 5) is 13.0. The Morgan fingerprint density at radius 3 is 2.19 bits per heavy atom. The van der Waals surface area contributed by atoms with Crippen LogP contribution < -0.4 is 0 Å². The van der Waals surface area contributed by atoms with Gasteiger partial charge in [-0.2, -0.15) is 5.10 Å². The molecule has 0 aliphatic carbocycles. The van der Waals surface area contributed by atoms with E-state index in [1.807, 2.05) is 83.7 Å². The van der Waals surface area contributed by atoms with Gasteiger partial charge in [0.1, 0.15) is 0 Å². The molecule has 1 heterocycles. The monoisotopic (exact) mass is 352 g/mol. The first-order chi connectivity index (χ1) is 13.3. The second kappa shape index (κ2) is 7.83. The second-order valence-electron chi connectivity index (χ2n) is 6.47. The minimum absolute atomic E-state index is 0.0423. The normalized spacial score (nSPS) is 11.9. The fraction of sp³-hybridized carbons (Fsp3) is 0.0833. The molecule has 0 aliphatic heterocycles. The molecular weight excluding hydrogens is 332 g/mol. The van der Waals surface area contributed by atoms with E-state index >= 15 is 0 Å². The second-order valence-corrected chi connectivity index (χ2v) is 6.47. The fourth-order valence-electron chi connectivity index (χ4n) is 3.42. The van der Waals surface area contributed by atoms with Crippen LogP contribution >= 0.6 is 0 Å². The lowest BCUT2D eigenvalue weighted by Gasteiger charge is -2.21. The first-order valence-electron chi connectivity index (χ1n) is 9.05. The highest BCUT2D eigenvalue weighted by Crippen LogP contribution is 2.33. The zero-order chi connectivity index (χ0) is 18.5. The van der Waals surface area contributed by atoms with Crippen LogP contribution in [0.2, 0.25) is 0 Å². The molecule has 0 N–H and O–H groups in total. The summed E-state index contributed by atoms with van der Waals surface area (Å²) in [5.41, 5.74) is 3.96. The van der Waals surface area contributed by atoms with Gasteiger partial charge in [-0.25, -0.2) is 4.68 Å². The Bertz CT molecular complexity index is 1010. The van der Waals surface area contributed by atoms with Crippen molar-refractivity contribution >= 4 is 5.78 Å². The summed E-state index contributed by atoms with van der Waals surface area (Å²) in [7, 11) is 0. The van der Waals surface area contributed by atoms with E-state index in [4.69, 9.17) is 0 Å². The highest BCUT2D eigenvalue weighted by molar-refractivity contribution is 5.96. The van der Waals surface area contributed by atoms with Gasteiger partial charge in [-0.15, -0.1) is 0 Å². The van der Waals surface area contributed by atoms with Gasteiger partial charge < -0.3 is 0 Å². The molecule has 4 rings (SSSR count). The number of carbonyl (C=O) groups excluding carboxylic acids is 1. The minimum Gasteiger partial charge on any atom is -0.294 e. The summed E-state index contributed by atoms with van der Waals surface area (Å²) in [5.74, 6) is 0.0963. The first kappa shape index (κ1) is 17.0. The molecule has 4 aromatic rings. The number of hydrogen-bond acceptors (Lipinski definition) is 2. The lowest BCUT2D eigenvalue weighted by Crippen LogP contribution is -2.12. The molecule has 0 aliphatic rings. The van der Waals surface area contributed by atoms with Crippen molar-refractivity contribution in [3.05, 3.63) is 120 Å². The molecule has 3 nitrogen and oxygen atoms in total. The number of carbonyl (C=O) groups is 1. The lowest BCUT2D eigenvalue weighted by molar-refractivity contribution is 0.0977. The van der Waals surface area contributed by atoms with Crippen LogP contribution in [0, 0.1) is 0 Å². The lowest BCUT2D eigenvalue weighted by atomic mass is 9.85. The van der Waals surface area contributed by atoms with Crippen LogP contribution in [-0.2, 0) is 0 Å². The molecule has 0 saturated heterocycles. The van der Waals surface area contributed by atoms with Crippen LogP contribution in [0.15, 0.2) is 103 Å². The van der Waals surface area contributed by atoms with Crippen molar-refractivity contribution in [3.63, 3.8) is 0 Å². The molecular formula is C24H20N2O. The molecule has 132 valence electrons. The van der Waals surface area contributed by atoms with E-state index < -0.39 is 0 Å². The highest BCUT2D eigenvalue weighted by atomic mass is 16.1. The van der Waals surface area contributed by atoms with Gasteiger partial charge in [-0.1, -0.05) is 78.9 Å². The molecule has 0 fully saturated rings. The number of ketones is 1. The summed E-state index contributed by atoms with van der Waals surface area (Å²) in [6.07, 6.45) is 4.11. The number of rotatable bonds is 6. The van der Waals surface area contributed by atoms with Gasteiger partial charge >= 0.3 is 0 Å². The summed E-state index contributed by atoms with van der Waals surface area (Å²) >= 11 is 0. The third-order valence-corrected chi connectivity index (χ3v) is 4.75. The number of nitrogens with zero attached hydrogens (tertiary/aromatic N) is 2. The van der Waals surface area contributed by atoms with Crippen LogP contribution in [0.3, 0.4) is 0 Å². The van der Waals surface area contributed by atoms with E-state index in [0.717, 1.165) is 22.4 Å². The SMILES string of the molecule is O=C(C[C@H](c1ccccc1)c1ccccc1-n1cccn1)c1ccccc1. The molecule has 3 heteroatoms. The molecule has 1 aromatic heterocycles. The molecule has 27 heavy (non-hydrogen) atoms. The predicted molar refractivity (Wildman–Crippen MR) is 107 cm³/mol. The number of aromatic nitrogens is 2. The number of hydrogen-bond donors (Lipinski definition) is 0. The molecule has 0 spiro atoms. The molecule has 0 saturated carbocycles. The molecule has 1 atom stereocenters. The highest BCUT2D eigenvalue weighted by Gasteiger charge is 2.22. The Morgan fingerprint density at radius 1 is 0.815 bits per heavy atom. The van der Waals surface area contributed by atoms with E-state index in [-0.39, 0.29) is 11.7 Å². The van der Waals surface area contributed by atoms with Crippen molar-refractivity contribution in [1.82, 2.24) is 9.78 Å². The molecule has 0 radical (unpaired) electrons. The van der Waals surface area contributed by atoms with Crippen molar-refractivity contribution in [2.75, 3.05) is 0 Å². The van der Waals surface area contributed by atoms with Gasteiger partial charge in [0.15, 0.2) is 5.78 Å². The molecule has 0 unspecified atom stereocenters. The first-order valence-corrected chi connectivity index (χ1v) is 9.05. The van der Waals surface area contributed by atoms with E-state index in [9.17, 15) is 4.79 Å². The third-order valence-electron chi connectivity index (χ3n) is 4.75. The zero-order valence-electron chi connectivity index (χ0n) is 14.9. The maximum Gasteiger partial charge on any atom is 0.163 e. The van der Waals surface area contributed by atoms with Gasteiger partial charge in [0.2, 0.25) is 0 Å². The topological polar surface area (TPSA) is 34.9 Å². The molecule has 0 amide bonds. The summed E-state index contributed by atoms with van der Waals surface area (Å²) < 4.78 is 1.86. The molecule has 0 bridgehead atoms. The van der Waals surface area contributed by atoms with Crippen LogP contribution in [0.5, 0.6) is 0 Å². The van der Waals surface area contributed by atoms with E-state index in [0.29, 0.717) is 6.42 Å². The van der Waals surface area contributed by atoms with Gasteiger partial charge in [-0.05, 0) is 23.3 Å². The van der Waals surface area contributed by atoms with E-state index in [2.05, 4.69) is 23.3 Å². The van der Waals surface area contributed by atoms with Crippen molar-refractivity contribution in [2.24, 2.45) is 0 Å². The van der Waals surface area contributed by atoms with Gasteiger partial charge in [0, 0.05) is 30.3 Å². The number of para-hydroxylation sites is 1. The Kier molecular flexibility index (Phi) is 4.93. The van der Waals surface area contributed by atoms with Crippen molar-refractivity contribution in [2.45, 2.75) is 12.3 Å². The van der Waals surface area contributed by atoms with Gasteiger partial charge in [0.25, 0.3) is 0 Å². The Morgan fingerprint density at radius 2 is 1.48 bits per heavy atom. The predicted octanol–water partition coefficient (Wildman–Crippen LogP) is 5.28. The average Bonchev–Trinajstić information content (AvgIpc) is 3.28. The van der Waals surface area contributed by atoms with Crippen molar-refractivity contribution in [1.29, 1.82) is 0 Å². The van der Waals surface area contributed by atoms with Crippen LogP contribution in [0.25, 0.3) is 5.69 Å². The number of Topliss-reactive ketones (excluding diaryl/α,β-unsaturated/α-hetero) is 1. The van der Waals surface area contributed by atoms with E-state index in [1.54, 1.807) is 6.20 Å². The zero-order valence-corrected chi connectivity index (χ0v) is 14.9. The standard InChI is InChI=1S/C24H20N2O/c27-24(20-12-5-2-6-13-20)18-22(19-10-3-1-4-11-19)21-14-7-8-15-23(21)26-17-9-16-25-26/h1-17,22H,18H2/t22-/m1/s1. The Balaban J connectivity index is 1.77. The third kappa shape index (κ3) is 3.72. The van der Waals surface area contributed by atoms with Crippen LogP contribution in [-0.4, -0.2) is 15.6 Å². The summed E-state index contributed by atoms with van der Waals surface area (Å²) in [6, 6.07) is 29.8. The van der Waals surface area contributed by atoms with Crippen molar-refractivity contribution < 1.29 is 4.79 Å². The largest absolute Gasteiger partial charge is 0.294 e. The Labute approximate surface area is 158 Å². The van der Waals surface area contributed by atoms with Crippen molar-refractivity contribution in [3.8, 4) is 5.69 Å². The average molecular weight is 352 g/mol. The quantitative estimate of drug-likeness (QED) is 0.443. The van der Waals surface area contributed by atoms with E-state index in [1.165, 1.54) is 0 Å². The Hall–Kier alpha value is -3.46. The molecule has 3 aromatic carbocycles. The maximum absolute atomic E-state index is 13.0. The van der Waals surface area contributed by atoms with Gasteiger partial charge in [0.05, 0.1) is 5.69 Å². The smallest absolute Gasteiger partial charge is 0.163 e. The van der Waals surface area contributed by atoms with Crippen LogP contribution in [0.1, 0.15) is 33.8 Å². The van der Waals surface area contributed by atoms with Gasteiger partial charge in [-0.3, -0.25) is 4.79 Å². The fourth-order valence-corrected chi connectivity index (χ4v) is 3.42.